The highest BCUT2D eigenvalue weighted by atomic mass is 19.1. The van der Waals surface area contributed by atoms with Gasteiger partial charge in [-0.15, -0.1) is 10.2 Å². The van der Waals surface area contributed by atoms with E-state index in [1.54, 1.807) is 18.2 Å². The van der Waals surface area contributed by atoms with E-state index in [1.165, 1.54) is 83.5 Å². The van der Waals surface area contributed by atoms with Gasteiger partial charge < -0.3 is 4.74 Å². The van der Waals surface area contributed by atoms with Crippen molar-refractivity contribution in [2.45, 2.75) is 110 Å². The van der Waals surface area contributed by atoms with Crippen LogP contribution in [-0.2, 0) is 6.42 Å². The molecule has 3 nitrogen and oxygen atoms in total. The van der Waals surface area contributed by atoms with Crippen molar-refractivity contribution in [3.8, 4) is 17.1 Å². The Bertz CT molecular complexity index is 815. The minimum atomic E-state index is -0.212. The van der Waals surface area contributed by atoms with Gasteiger partial charge in [0.1, 0.15) is 5.82 Å². The summed E-state index contributed by atoms with van der Waals surface area (Å²) in [7, 11) is 0. The van der Waals surface area contributed by atoms with E-state index in [4.69, 9.17) is 4.74 Å². The van der Waals surface area contributed by atoms with E-state index in [2.05, 4.69) is 30.1 Å². The molecule has 188 valence electrons. The van der Waals surface area contributed by atoms with Gasteiger partial charge in [0.2, 0.25) is 5.88 Å². The Morgan fingerprint density at radius 1 is 0.794 bits per heavy atom. The van der Waals surface area contributed by atoms with Crippen molar-refractivity contribution in [3.63, 3.8) is 0 Å². The van der Waals surface area contributed by atoms with Gasteiger partial charge in [-0.3, -0.25) is 0 Å². The molecule has 1 aliphatic rings. The SMILES string of the molecule is CCCCCCOc1ccc(-c2ccc(CCC3CCC(CCCCCC)CC3)cc2F)nn1. The molecule has 1 heterocycles. The Balaban J connectivity index is 1.41. The number of aromatic nitrogens is 2. The van der Waals surface area contributed by atoms with Gasteiger partial charge in [-0.2, -0.15) is 0 Å². The lowest BCUT2D eigenvalue weighted by Gasteiger charge is -2.28. The van der Waals surface area contributed by atoms with Crippen molar-refractivity contribution in [1.29, 1.82) is 0 Å². The van der Waals surface area contributed by atoms with Crippen LogP contribution in [0, 0.1) is 17.7 Å². The van der Waals surface area contributed by atoms with Gasteiger partial charge in [-0.25, -0.2) is 4.39 Å². The summed E-state index contributed by atoms with van der Waals surface area (Å²) in [5, 5.41) is 8.33. The summed E-state index contributed by atoms with van der Waals surface area (Å²) >= 11 is 0. The highest BCUT2D eigenvalue weighted by molar-refractivity contribution is 5.60. The van der Waals surface area contributed by atoms with E-state index in [0.29, 0.717) is 23.7 Å². The minimum absolute atomic E-state index is 0.212. The maximum absolute atomic E-state index is 14.8. The van der Waals surface area contributed by atoms with Crippen LogP contribution in [0.15, 0.2) is 30.3 Å². The Kier molecular flexibility index (Phi) is 11.8. The molecule has 0 amide bonds. The summed E-state index contributed by atoms with van der Waals surface area (Å²) in [6.07, 6.45) is 19.2. The average molecular weight is 469 g/mol. The molecule has 0 radical (unpaired) electrons. The molecule has 0 saturated heterocycles. The molecule has 0 aliphatic heterocycles. The summed E-state index contributed by atoms with van der Waals surface area (Å²) in [6.45, 7) is 5.12. The molecule has 1 aliphatic carbocycles. The number of hydrogen-bond donors (Lipinski definition) is 0. The van der Waals surface area contributed by atoms with E-state index in [0.717, 1.165) is 30.2 Å². The first kappa shape index (κ1) is 26.6. The third-order valence-electron chi connectivity index (χ3n) is 7.47. The standard InChI is InChI=1S/C30H45FN2O/c1-3-5-7-9-11-24-12-14-25(15-13-24)16-17-26-18-19-27(28(31)23-26)29-20-21-30(33-32-29)34-22-10-8-6-4-2/h18-21,23-25H,3-17,22H2,1-2H3. The lowest BCUT2D eigenvalue weighted by atomic mass is 9.77. The van der Waals surface area contributed by atoms with Gasteiger partial charge in [0.05, 0.1) is 12.3 Å². The van der Waals surface area contributed by atoms with E-state index in [-0.39, 0.29) is 5.82 Å². The van der Waals surface area contributed by atoms with Gasteiger partial charge in [-0.1, -0.05) is 97.0 Å². The monoisotopic (exact) mass is 468 g/mol. The normalized spacial score (nSPS) is 18.2. The van der Waals surface area contributed by atoms with Gasteiger partial charge >= 0.3 is 0 Å². The number of ether oxygens (including phenoxy) is 1. The van der Waals surface area contributed by atoms with Gasteiger partial charge in [-0.05, 0) is 54.9 Å². The van der Waals surface area contributed by atoms with Crippen molar-refractivity contribution in [3.05, 3.63) is 41.7 Å². The number of aryl methyl sites for hydroxylation is 1. The van der Waals surface area contributed by atoms with E-state index < -0.39 is 0 Å². The van der Waals surface area contributed by atoms with Crippen LogP contribution in [0.5, 0.6) is 5.88 Å². The van der Waals surface area contributed by atoms with Crippen LogP contribution in [0.25, 0.3) is 11.3 Å². The average Bonchev–Trinajstić information content (AvgIpc) is 2.86. The second-order valence-electron chi connectivity index (χ2n) is 10.3. The smallest absolute Gasteiger partial charge is 0.233 e. The largest absolute Gasteiger partial charge is 0.477 e. The maximum atomic E-state index is 14.8. The van der Waals surface area contributed by atoms with Crippen molar-refractivity contribution in [2.24, 2.45) is 11.8 Å². The van der Waals surface area contributed by atoms with Gasteiger partial charge in [0.25, 0.3) is 0 Å². The molecular formula is C30H45FN2O. The topological polar surface area (TPSA) is 35.0 Å². The minimum Gasteiger partial charge on any atom is -0.477 e. The first-order chi connectivity index (χ1) is 16.7. The summed E-state index contributed by atoms with van der Waals surface area (Å²) in [6, 6.07) is 9.18. The Hall–Kier alpha value is -1.97. The molecule has 3 rings (SSSR count). The zero-order chi connectivity index (χ0) is 24.0. The molecule has 0 N–H and O–H groups in total. The molecule has 1 aromatic heterocycles. The molecule has 1 aromatic carbocycles. The van der Waals surface area contributed by atoms with Crippen LogP contribution < -0.4 is 4.74 Å². The number of halogens is 1. The maximum Gasteiger partial charge on any atom is 0.233 e. The quantitative estimate of drug-likeness (QED) is 0.245. The van der Waals surface area contributed by atoms with Gasteiger partial charge in [0.15, 0.2) is 0 Å². The predicted molar refractivity (Wildman–Crippen MR) is 140 cm³/mol. The lowest BCUT2D eigenvalue weighted by molar-refractivity contribution is 0.249. The molecule has 1 saturated carbocycles. The third-order valence-corrected chi connectivity index (χ3v) is 7.47. The van der Waals surface area contributed by atoms with Crippen LogP contribution >= 0.6 is 0 Å². The second-order valence-corrected chi connectivity index (χ2v) is 10.3. The van der Waals surface area contributed by atoms with E-state index >= 15 is 0 Å². The van der Waals surface area contributed by atoms with Crippen molar-refractivity contribution < 1.29 is 9.13 Å². The van der Waals surface area contributed by atoms with E-state index in [1.807, 2.05) is 6.07 Å². The first-order valence-electron chi connectivity index (χ1n) is 13.9. The molecular weight excluding hydrogens is 423 g/mol. The van der Waals surface area contributed by atoms with Crippen LogP contribution in [0.2, 0.25) is 0 Å². The van der Waals surface area contributed by atoms with Gasteiger partial charge in [0, 0.05) is 11.6 Å². The van der Waals surface area contributed by atoms with Crippen LogP contribution in [0.3, 0.4) is 0 Å². The van der Waals surface area contributed by atoms with Crippen LogP contribution in [0.4, 0.5) is 4.39 Å². The first-order valence-corrected chi connectivity index (χ1v) is 13.9. The van der Waals surface area contributed by atoms with E-state index in [9.17, 15) is 4.39 Å². The molecule has 1 fully saturated rings. The van der Waals surface area contributed by atoms with Crippen molar-refractivity contribution in [1.82, 2.24) is 10.2 Å². The predicted octanol–water partition coefficient (Wildman–Crippen LogP) is 8.95. The molecule has 34 heavy (non-hydrogen) atoms. The summed E-state index contributed by atoms with van der Waals surface area (Å²) in [5.41, 5.74) is 2.15. The number of benzene rings is 1. The third kappa shape index (κ3) is 9.00. The molecule has 2 aromatic rings. The highest BCUT2D eigenvalue weighted by Gasteiger charge is 2.21. The molecule has 0 bridgehead atoms. The van der Waals surface area contributed by atoms with Crippen LogP contribution in [0.1, 0.15) is 109 Å². The zero-order valence-electron chi connectivity index (χ0n) is 21.5. The fourth-order valence-corrected chi connectivity index (χ4v) is 5.21. The molecule has 4 heteroatoms. The Morgan fingerprint density at radius 3 is 2.15 bits per heavy atom. The number of nitrogens with zero attached hydrogens (tertiary/aromatic N) is 2. The van der Waals surface area contributed by atoms with Crippen molar-refractivity contribution in [2.75, 3.05) is 6.61 Å². The fraction of sp³-hybridized carbons (Fsp3) is 0.667. The fourth-order valence-electron chi connectivity index (χ4n) is 5.21. The molecule has 0 unspecified atom stereocenters. The second kappa shape index (κ2) is 15.1. The van der Waals surface area contributed by atoms with Crippen molar-refractivity contribution >= 4 is 0 Å². The molecule has 0 spiro atoms. The Labute approximate surface area is 206 Å². The number of rotatable bonds is 15. The summed E-state index contributed by atoms with van der Waals surface area (Å²) in [4.78, 5) is 0. The molecule has 0 atom stereocenters. The Morgan fingerprint density at radius 2 is 1.50 bits per heavy atom. The lowest BCUT2D eigenvalue weighted by Crippen LogP contribution is -2.15. The summed E-state index contributed by atoms with van der Waals surface area (Å²) < 4.78 is 20.5. The number of unbranched alkanes of at least 4 members (excludes halogenated alkanes) is 6. The highest BCUT2D eigenvalue weighted by Crippen LogP contribution is 2.34. The van der Waals surface area contributed by atoms with Crippen LogP contribution in [-0.4, -0.2) is 16.8 Å². The number of hydrogen-bond acceptors (Lipinski definition) is 3. The zero-order valence-corrected chi connectivity index (χ0v) is 21.5. The summed E-state index contributed by atoms with van der Waals surface area (Å²) in [5.74, 6) is 2.04.